The molecule has 0 spiro atoms. The Bertz CT molecular complexity index is 945. The quantitative estimate of drug-likeness (QED) is 0.556. The molecule has 0 aliphatic rings. The largest absolute Gasteiger partial charge is 0.456 e. The van der Waals surface area contributed by atoms with E-state index >= 15 is 0 Å². The molecule has 2 aromatic rings. The molecule has 0 fully saturated rings. The molecule has 1 N–H and O–H groups in total. The van der Waals surface area contributed by atoms with E-state index in [4.69, 9.17) is 16.3 Å². The number of amides is 1. The summed E-state index contributed by atoms with van der Waals surface area (Å²) in [5.41, 5.74) is 1.27. The summed E-state index contributed by atoms with van der Waals surface area (Å²) in [7, 11) is -3.75. The van der Waals surface area contributed by atoms with Crippen LogP contribution in [0.5, 0.6) is 0 Å². The third kappa shape index (κ3) is 6.33. The predicted molar refractivity (Wildman–Crippen MR) is 98.8 cm³/mol. The van der Waals surface area contributed by atoms with E-state index in [1.54, 1.807) is 25.1 Å². The first-order valence-electron chi connectivity index (χ1n) is 7.87. The molecule has 6 nitrogen and oxygen atoms in total. The number of sulfone groups is 1. The minimum atomic E-state index is -3.75. The van der Waals surface area contributed by atoms with Crippen molar-refractivity contribution in [3.8, 4) is 0 Å². The van der Waals surface area contributed by atoms with E-state index in [2.05, 4.69) is 5.32 Å². The summed E-state index contributed by atoms with van der Waals surface area (Å²) < 4.78 is 41.8. The molecule has 1 amide bonds. The van der Waals surface area contributed by atoms with Crippen molar-refractivity contribution in [2.45, 2.75) is 18.2 Å². The van der Waals surface area contributed by atoms with Crippen LogP contribution in [-0.2, 0) is 24.2 Å². The second-order valence-electron chi connectivity index (χ2n) is 5.69. The van der Waals surface area contributed by atoms with Gasteiger partial charge in [-0.15, -0.1) is 0 Å². The van der Waals surface area contributed by atoms with E-state index < -0.39 is 46.3 Å². The fraction of sp³-hybridized carbons (Fsp3) is 0.222. The van der Waals surface area contributed by atoms with Gasteiger partial charge in [-0.1, -0.05) is 17.7 Å². The molecule has 0 radical (unpaired) electrons. The molecule has 0 heterocycles. The molecule has 0 saturated heterocycles. The summed E-state index contributed by atoms with van der Waals surface area (Å²) in [4.78, 5) is 23.5. The van der Waals surface area contributed by atoms with Gasteiger partial charge in [-0.3, -0.25) is 9.59 Å². The maximum atomic E-state index is 12.9. The van der Waals surface area contributed by atoms with Crippen molar-refractivity contribution in [2.75, 3.05) is 17.7 Å². The van der Waals surface area contributed by atoms with E-state index in [0.29, 0.717) is 10.7 Å². The molecule has 2 rings (SSSR count). The van der Waals surface area contributed by atoms with Crippen LogP contribution in [0.1, 0.15) is 12.0 Å². The molecule has 144 valence electrons. The molecule has 0 bridgehead atoms. The van der Waals surface area contributed by atoms with Crippen LogP contribution in [0.4, 0.5) is 10.1 Å². The van der Waals surface area contributed by atoms with Crippen molar-refractivity contribution in [3.05, 3.63) is 58.9 Å². The smallest absolute Gasteiger partial charge is 0.307 e. The van der Waals surface area contributed by atoms with Crippen molar-refractivity contribution in [2.24, 2.45) is 0 Å². The molecule has 0 aliphatic heterocycles. The van der Waals surface area contributed by atoms with Crippen LogP contribution in [-0.4, -0.2) is 32.7 Å². The summed E-state index contributed by atoms with van der Waals surface area (Å²) in [5, 5.41) is 3.00. The number of esters is 1. The molecule has 0 saturated carbocycles. The van der Waals surface area contributed by atoms with Crippen molar-refractivity contribution in [1.82, 2.24) is 0 Å². The van der Waals surface area contributed by atoms with Gasteiger partial charge in [0.2, 0.25) is 0 Å². The van der Waals surface area contributed by atoms with Crippen LogP contribution >= 0.6 is 11.6 Å². The zero-order valence-electron chi connectivity index (χ0n) is 14.4. The maximum absolute atomic E-state index is 12.9. The van der Waals surface area contributed by atoms with Gasteiger partial charge in [0.1, 0.15) is 5.82 Å². The third-order valence-corrected chi connectivity index (χ3v) is 5.55. The lowest BCUT2D eigenvalue weighted by molar-refractivity contribution is -0.146. The molecule has 0 unspecified atom stereocenters. The van der Waals surface area contributed by atoms with Crippen LogP contribution in [0.3, 0.4) is 0 Å². The normalized spacial score (nSPS) is 11.1. The third-order valence-electron chi connectivity index (χ3n) is 3.59. The van der Waals surface area contributed by atoms with Crippen molar-refractivity contribution in [1.29, 1.82) is 0 Å². The zero-order chi connectivity index (χ0) is 20.0. The van der Waals surface area contributed by atoms with Gasteiger partial charge in [0.05, 0.1) is 17.1 Å². The highest BCUT2D eigenvalue weighted by Gasteiger charge is 2.18. The predicted octanol–water partition coefficient (Wildman–Crippen LogP) is 3.13. The van der Waals surface area contributed by atoms with Gasteiger partial charge < -0.3 is 10.1 Å². The van der Waals surface area contributed by atoms with Gasteiger partial charge in [0.25, 0.3) is 5.91 Å². The number of ether oxygens (including phenoxy) is 1. The minimum Gasteiger partial charge on any atom is -0.456 e. The fourth-order valence-electron chi connectivity index (χ4n) is 2.11. The molecule has 2 aromatic carbocycles. The number of rotatable bonds is 7. The van der Waals surface area contributed by atoms with Crippen LogP contribution in [0.15, 0.2) is 47.4 Å². The Hall–Kier alpha value is -2.45. The van der Waals surface area contributed by atoms with Gasteiger partial charge >= 0.3 is 5.97 Å². The average Bonchev–Trinajstić information content (AvgIpc) is 2.62. The summed E-state index contributed by atoms with van der Waals surface area (Å²) in [6.45, 7) is 1.22. The molecular formula is C18H17ClFNO5S. The second kappa shape index (κ2) is 8.96. The number of hydrogen-bond acceptors (Lipinski definition) is 5. The highest BCUT2D eigenvalue weighted by molar-refractivity contribution is 7.91. The van der Waals surface area contributed by atoms with Gasteiger partial charge in [-0.25, -0.2) is 12.8 Å². The first-order chi connectivity index (χ1) is 12.7. The second-order valence-corrected chi connectivity index (χ2v) is 8.24. The lowest BCUT2D eigenvalue weighted by atomic mass is 10.2. The Kier molecular flexibility index (Phi) is 6.92. The lowest BCUT2D eigenvalue weighted by Gasteiger charge is -2.09. The number of carbonyl (C=O) groups excluding carboxylic acids is 2. The van der Waals surface area contributed by atoms with E-state index in [0.717, 1.165) is 29.8 Å². The topological polar surface area (TPSA) is 89.5 Å². The number of benzene rings is 2. The maximum Gasteiger partial charge on any atom is 0.307 e. The van der Waals surface area contributed by atoms with Crippen molar-refractivity contribution in [3.63, 3.8) is 0 Å². The molecular weight excluding hydrogens is 397 g/mol. The van der Waals surface area contributed by atoms with E-state index in [-0.39, 0.29) is 4.90 Å². The Morgan fingerprint density at radius 3 is 2.48 bits per heavy atom. The number of anilines is 1. The fourth-order valence-corrected chi connectivity index (χ4v) is 3.50. The first-order valence-corrected chi connectivity index (χ1v) is 9.90. The van der Waals surface area contributed by atoms with Crippen LogP contribution in [0.2, 0.25) is 5.02 Å². The van der Waals surface area contributed by atoms with Crippen molar-refractivity contribution >= 4 is 39.0 Å². The Morgan fingerprint density at radius 1 is 1.15 bits per heavy atom. The van der Waals surface area contributed by atoms with Crippen molar-refractivity contribution < 1.29 is 27.1 Å². The Labute approximate surface area is 161 Å². The summed E-state index contributed by atoms with van der Waals surface area (Å²) >= 11 is 5.86. The standard InChI is InChI=1S/C18H17ClFNO5S/c1-12-2-3-13(19)10-16(12)21-17(22)11-26-18(23)8-9-27(24,25)15-6-4-14(20)5-7-15/h2-7,10H,8-9,11H2,1H3,(H,21,22). The average molecular weight is 414 g/mol. The van der Waals surface area contributed by atoms with Crippen LogP contribution in [0, 0.1) is 12.7 Å². The molecule has 0 aromatic heterocycles. The van der Waals surface area contributed by atoms with Gasteiger partial charge in [0, 0.05) is 10.7 Å². The minimum absolute atomic E-state index is 0.0918. The summed E-state index contributed by atoms with van der Waals surface area (Å²) in [5.74, 6) is -2.48. The highest BCUT2D eigenvalue weighted by atomic mass is 35.5. The SMILES string of the molecule is Cc1ccc(Cl)cc1NC(=O)COC(=O)CCS(=O)(=O)c1ccc(F)cc1. The van der Waals surface area contributed by atoms with E-state index in [9.17, 15) is 22.4 Å². The number of hydrogen-bond donors (Lipinski definition) is 1. The Morgan fingerprint density at radius 2 is 1.81 bits per heavy atom. The van der Waals surface area contributed by atoms with Gasteiger partial charge in [-0.2, -0.15) is 0 Å². The van der Waals surface area contributed by atoms with E-state index in [1.165, 1.54) is 0 Å². The molecule has 0 aliphatic carbocycles. The number of nitrogens with one attached hydrogen (secondary N) is 1. The van der Waals surface area contributed by atoms with Gasteiger partial charge in [0.15, 0.2) is 16.4 Å². The van der Waals surface area contributed by atoms with Crippen LogP contribution < -0.4 is 5.32 Å². The molecule has 27 heavy (non-hydrogen) atoms. The highest BCUT2D eigenvalue weighted by Crippen LogP contribution is 2.20. The first kappa shape index (κ1) is 20.9. The number of carbonyl (C=O) groups is 2. The zero-order valence-corrected chi connectivity index (χ0v) is 15.9. The number of aryl methyl sites for hydroxylation is 1. The Balaban J connectivity index is 1.82. The van der Waals surface area contributed by atoms with Crippen LogP contribution in [0.25, 0.3) is 0 Å². The van der Waals surface area contributed by atoms with Gasteiger partial charge in [-0.05, 0) is 48.9 Å². The molecule has 0 atom stereocenters. The van der Waals surface area contributed by atoms with E-state index in [1.807, 2.05) is 0 Å². The summed E-state index contributed by atoms with van der Waals surface area (Å²) in [6.07, 6.45) is -0.427. The summed E-state index contributed by atoms with van der Waals surface area (Å²) in [6, 6.07) is 9.25. The monoisotopic (exact) mass is 413 g/mol. The molecule has 9 heteroatoms. The lowest BCUT2D eigenvalue weighted by Crippen LogP contribution is -2.22. The number of halogens is 2.